The van der Waals surface area contributed by atoms with E-state index in [1.807, 2.05) is 19.1 Å². The normalized spacial score (nSPS) is 18.4. The highest BCUT2D eigenvalue weighted by Gasteiger charge is 2.29. The van der Waals surface area contributed by atoms with Gasteiger partial charge in [-0.1, -0.05) is 26.3 Å². The van der Waals surface area contributed by atoms with E-state index in [1.54, 1.807) is 0 Å². The van der Waals surface area contributed by atoms with Crippen LogP contribution in [0.3, 0.4) is 0 Å². The number of piperidine rings is 1. The molecule has 1 aliphatic rings. The van der Waals surface area contributed by atoms with Gasteiger partial charge in [-0.2, -0.15) is 0 Å². The molecule has 2 rings (SSSR count). The average molecular weight is 262 g/mol. The fourth-order valence-electron chi connectivity index (χ4n) is 2.73. The molecule has 1 heterocycles. The van der Waals surface area contributed by atoms with Gasteiger partial charge in [0.05, 0.1) is 18.0 Å². The fourth-order valence-corrected chi connectivity index (χ4v) is 2.73. The number of nitrogen functional groups attached to an aromatic ring is 1. The van der Waals surface area contributed by atoms with E-state index in [-0.39, 0.29) is 0 Å². The van der Waals surface area contributed by atoms with E-state index >= 15 is 0 Å². The molecule has 3 heteroatoms. The van der Waals surface area contributed by atoms with Crippen molar-refractivity contribution in [1.82, 2.24) is 0 Å². The number of rotatable bonds is 4. The lowest BCUT2D eigenvalue weighted by atomic mass is 9.78. The van der Waals surface area contributed by atoms with E-state index in [4.69, 9.17) is 10.5 Å². The Balaban J connectivity index is 2.13. The Labute approximate surface area is 116 Å². The molecule has 1 fully saturated rings. The second kappa shape index (κ2) is 5.72. The lowest BCUT2D eigenvalue weighted by Gasteiger charge is -2.40. The maximum absolute atomic E-state index is 6.23. The number of ether oxygens (including phenoxy) is 1. The van der Waals surface area contributed by atoms with Crippen LogP contribution in [-0.2, 0) is 0 Å². The van der Waals surface area contributed by atoms with Gasteiger partial charge in [0, 0.05) is 13.1 Å². The molecule has 106 valence electrons. The molecule has 0 unspecified atom stereocenters. The Kier molecular flexibility index (Phi) is 4.23. The number of hydrogen-bond acceptors (Lipinski definition) is 3. The summed E-state index contributed by atoms with van der Waals surface area (Å²) in [4.78, 5) is 2.40. The van der Waals surface area contributed by atoms with Crippen molar-refractivity contribution in [3.63, 3.8) is 0 Å². The zero-order chi connectivity index (χ0) is 13.9. The molecule has 1 saturated heterocycles. The third kappa shape index (κ3) is 2.96. The largest absolute Gasteiger partial charge is 0.492 e. The fraction of sp³-hybridized carbons (Fsp3) is 0.625. The predicted octanol–water partition coefficient (Wildman–Crippen LogP) is 3.68. The summed E-state index contributed by atoms with van der Waals surface area (Å²) in [5.74, 6) is 0.809. The van der Waals surface area contributed by atoms with Crippen LogP contribution in [0.5, 0.6) is 5.75 Å². The Bertz CT molecular complexity index is 423. The lowest BCUT2D eigenvalue weighted by molar-refractivity contribution is 0.238. The second-order valence-corrected chi connectivity index (χ2v) is 5.77. The highest BCUT2D eigenvalue weighted by molar-refractivity contribution is 5.74. The number of nitrogens with zero attached hydrogens (tertiary/aromatic N) is 1. The van der Waals surface area contributed by atoms with Crippen LogP contribution in [0, 0.1) is 5.41 Å². The zero-order valence-electron chi connectivity index (χ0n) is 12.4. The van der Waals surface area contributed by atoms with Crippen molar-refractivity contribution in [3.05, 3.63) is 18.2 Å². The van der Waals surface area contributed by atoms with Gasteiger partial charge in [0.1, 0.15) is 5.75 Å². The maximum atomic E-state index is 6.23. The Hall–Kier alpha value is -1.38. The molecule has 0 aliphatic carbocycles. The van der Waals surface area contributed by atoms with Crippen molar-refractivity contribution in [2.75, 3.05) is 30.3 Å². The molecule has 0 saturated carbocycles. The van der Waals surface area contributed by atoms with Crippen LogP contribution in [0.25, 0.3) is 0 Å². The molecule has 0 aromatic heterocycles. The van der Waals surface area contributed by atoms with Gasteiger partial charge in [0.2, 0.25) is 0 Å². The summed E-state index contributed by atoms with van der Waals surface area (Å²) in [6.07, 6.45) is 3.74. The Morgan fingerprint density at radius 1 is 1.26 bits per heavy atom. The van der Waals surface area contributed by atoms with Crippen LogP contribution < -0.4 is 15.4 Å². The SMILES string of the molecule is CCOc1cccc(N2CCC(C)(CC)CC2)c1N. The summed E-state index contributed by atoms with van der Waals surface area (Å²) in [5, 5.41) is 0. The quantitative estimate of drug-likeness (QED) is 0.841. The molecule has 1 aromatic rings. The van der Waals surface area contributed by atoms with Crippen molar-refractivity contribution in [2.45, 2.75) is 40.0 Å². The molecular formula is C16H26N2O. The highest BCUT2D eigenvalue weighted by Crippen LogP contribution is 2.39. The topological polar surface area (TPSA) is 38.5 Å². The molecule has 0 bridgehead atoms. The van der Waals surface area contributed by atoms with Gasteiger partial charge in [-0.3, -0.25) is 0 Å². The van der Waals surface area contributed by atoms with Crippen molar-refractivity contribution in [1.29, 1.82) is 0 Å². The number of hydrogen-bond donors (Lipinski definition) is 1. The first-order chi connectivity index (χ1) is 9.09. The molecule has 0 atom stereocenters. The monoisotopic (exact) mass is 262 g/mol. The molecule has 2 N–H and O–H groups in total. The van der Waals surface area contributed by atoms with Gasteiger partial charge in [0.25, 0.3) is 0 Å². The van der Waals surface area contributed by atoms with E-state index in [0.29, 0.717) is 12.0 Å². The van der Waals surface area contributed by atoms with Crippen LogP contribution in [0.2, 0.25) is 0 Å². The first-order valence-electron chi connectivity index (χ1n) is 7.36. The van der Waals surface area contributed by atoms with Crippen molar-refractivity contribution in [2.24, 2.45) is 5.41 Å². The van der Waals surface area contributed by atoms with Crippen LogP contribution in [0.1, 0.15) is 40.0 Å². The minimum Gasteiger partial charge on any atom is -0.492 e. The summed E-state index contributed by atoms with van der Waals surface area (Å²) in [6, 6.07) is 6.08. The minimum absolute atomic E-state index is 0.503. The minimum atomic E-state index is 0.503. The van der Waals surface area contributed by atoms with E-state index in [9.17, 15) is 0 Å². The van der Waals surface area contributed by atoms with Crippen molar-refractivity contribution >= 4 is 11.4 Å². The maximum Gasteiger partial charge on any atom is 0.144 e. The second-order valence-electron chi connectivity index (χ2n) is 5.77. The summed E-state index contributed by atoms with van der Waals surface area (Å²) in [7, 11) is 0. The first kappa shape index (κ1) is 14.0. The Morgan fingerprint density at radius 3 is 2.53 bits per heavy atom. The van der Waals surface area contributed by atoms with Gasteiger partial charge < -0.3 is 15.4 Å². The molecule has 0 spiro atoms. The average Bonchev–Trinajstić information content (AvgIpc) is 2.43. The summed E-state index contributed by atoms with van der Waals surface area (Å²) in [5.41, 5.74) is 8.65. The predicted molar refractivity (Wildman–Crippen MR) is 81.9 cm³/mol. The van der Waals surface area contributed by atoms with Crippen LogP contribution in [0.15, 0.2) is 18.2 Å². The van der Waals surface area contributed by atoms with Crippen LogP contribution in [0.4, 0.5) is 11.4 Å². The summed E-state index contributed by atoms with van der Waals surface area (Å²) >= 11 is 0. The van der Waals surface area contributed by atoms with Gasteiger partial charge in [-0.05, 0) is 37.3 Å². The number of anilines is 2. The van der Waals surface area contributed by atoms with Crippen molar-refractivity contribution < 1.29 is 4.74 Å². The molecular weight excluding hydrogens is 236 g/mol. The summed E-state index contributed by atoms with van der Waals surface area (Å²) in [6.45, 7) is 9.50. The van der Waals surface area contributed by atoms with E-state index in [2.05, 4.69) is 24.8 Å². The third-order valence-corrected chi connectivity index (χ3v) is 4.51. The smallest absolute Gasteiger partial charge is 0.144 e. The van der Waals surface area contributed by atoms with E-state index in [1.165, 1.54) is 19.3 Å². The Morgan fingerprint density at radius 2 is 1.95 bits per heavy atom. The lowest BCUT2D eigenvalue weighted by Crippen LogP contribution is -2.38. The molecule has 1 aliphatic heterocycles. The zero-order valence-corrected chi connectivity index (χ0v) is 12.4. The number of nitrogens with two attached hydrogens (primary N) is 1. The molecule has 0 amide bonds. The van der Waals surface area contributed by atoms with E-state index < -0.39 is 0 Å². The van der Waals surface area contributed by atoms with Gasteiger partial charge >= 0.3 is 0 Å². The van der Waals surface area contributed by atoms with Crippen LogP contribution in [-0.4, -0.2) is 19.7 Å². The standard InChI is InChI=1S/C16H26N2O/c1-4-16(3)9-11-18(12-10-16)13-7-6-8-14(15(13)17)19-5-2/h6-8H,4-5,9-12,17H2,1-3H3. The molecule has 1 aromatic carbocycles. The van der Waals surface area contributed by atoms with Crippen molar-refractivity contribution in [3.8, 4) is 5.75 Å². The molecule has 3 nitrogen and oxygen atoms in total. The number of benzene rings is 1. The first-order valence-corrected chi connectivity index (χ1v) is 7.36. The molecule has 19 heavy (non-hydrogen) atoms. The van der Waals surface area contributed by atoms with Gasteiger partial charge in [0.15, 0.2) is 0 Å². The van der Waals surface area contributed by atoms with E-state index in [0.717, 1.165) is 30.2 Å². The highest BCUT2D eigenvalue weighted by atomic mass is 16.5. The van der Waals surface area contributed by atoms with Gasteiger partial charge in [-0.15, -0.1) is 0 Å². The third-order valence-electron chi connectivity index (χ3n) is 4.51. The molecule has 0 radical (unpaired) electrons. The summed E-state index contributed by atoms with van der Waals surface area (Å²) < 4.78 is 5.58. The van der Waals surface area contributed by atoms with Gasteiger partial charge in [-0.25, -0.2) is 0 Å². The van der Waals surface area contributed by atoms with Crippen LogP contribution >= 0.6 is 0 Å². The number of para-hydroxylation sites is 1.